The van der Waals surface area contributed by atoms with E-state index in [0.717, 1.165) is 55.0 Å². The highest BCUT2D eigenvalue weighted by atomic mass is 35.5. The standard InChI is InChI=1S/C23H26ClN3O4S.C14H18N4O2/c1-30-19-7-4-8-20(31-2)22(19)27-21(25-26-23(27)17-5-3-6-17)15-32(28,29)14-13-16-9-11-18(24)12-10-16;1-19-10-7-4-8-11(20-2)12(10)18-13(9-5-3-6-9)16-17-14(18)15/h4,7-12,17H,3,5-6,13-15H2,1-2H3;4,7-9H,3,5-6H2,1-2H3,(H2,15,17). The van der Waals surface area contributed by atoms with Gasteiger partial charge in [-0.2, -0.15) is 0 Å². The van der Waals surface area contributed by atoms with Crippen LogP contribution in [0, 0.1) is 0 Å². The van der Waals surface area contributed by atoms with Crippen LogP contribution in [0.15, 0.2) is 60.7 Å². The van der Waals surface area contributed by atoms with Crippen LogP contribution in [0.2, 0.25) is 5.02 Å². The van der Waals surface area contributed by atoms with Gasteiger partial charge in [0.25, 0.3) is 0 Å². The summed E-state index contributed by atoms with van der Waals surface area (Å²) in [7, 11) is 2.96. The molecule has 13 nitrogen and oxygen atoms in total. The van der Waals surface area contributed by atoms with Gasteiger partial charge in [0, 0.05) is 16.9 Å². The van der Waals surface area contributed by atoms with Gasteiger partial charge in [-0.1, -0.05) is 48.7 Å². The Morgan fingerprint density at radius 1 is 0.692 bits per heavy atom. The van der Waals surface area contributed by atoms with Gasteiger partial charge in [-0.05, 0) is 74.1 Å². The van der Waals surface area contributed by atoms with E-state index in [0.29, 0.717) is 57.8 Å². The van der Waals surface area contributed by atoms with Crippen LogP contribution in [0.25, 0.3) is 11.4 Å². The summed E-state index contributed by atoms with van der Waals surface area (Å²) in [5.74, 6) is 5.32. The van der Waals surface area contributed by atoms with E-state index >= 15 is 0 Å². The highest BCUT2D eigenvalue weighted by Crippen LogP contribution is 2.42. The molecule has 2 N–H and O–H groups in total. The molecule has 276 valence electrons. The second kappa shape index (κ2) is 16.2. The second-order valence-corrected chi connectivity index (χ2v) is 15.4. The molecule has 3 aromatic carbocycles. The Morgan fingerprint density at radius 3 is 1.62 bits per heavy atom. The van der Waals surface area contributed by atoms with Crippen LogP contribution in [0.4, 0.5) is 5.95 Å². The summed E-state index contributed by atoms with van der Waals surface area (Å²) in [5, 5.41) is 17.6. The Kier molecular flexibility index (Phi) is 11.5. The number of nitrogens with zero attached hydrogens (tertiary/aromatic N) is 6. The first kappa shape index (κ1) is 37.0. The maximum atomic E-state index is 13.0. The number of sulfone groups is 1. The fourth-order valence-electron chi connectivity index (χ4n) is 6.36. The van der Waals surface area contributed by atoms with Gasteiger partial charge in [-0.3, -0.25) is 9.13 Å². The first-order valence-electron chi connectivity index (χ1n) is 17.2. The van der Waals surface area contributed by atoms with Crippen LogP contribution < -0.4 is 24.7 Å². The third kappa shape index (κ3) is 7.82. The molecule has 15 heteroatoms. The fraction of sp³-hybridized carbons (Fsp3) is 0.405. The highest BCUT2D eigenvalue weighted by Gasteiger charge is 2.32. The molecule has 2 saturated carbocycles. The molecule has 0 radical (unpaired) electrons. The number of aromatic nitrogens is 6. The molecule has 0 unspecified atom stereocenters. The quantitative estimate of drug-likeness (QED) is 0.140. The van der Waals surface area contributed by atoms with E-state index in [1.165, 1.54) is 6.42 Å². The number of anilines is 1. The molecular formula is C37H44ClN7O6S. The summed E-state index contributed by atoms with van der Waals surface area (Å²) >= 11 is 5.92. The largest absolute Gasteiger partial charge is 0.494 e. The van der Waals surface area contributed by atoms with E-state index in [-0.39, 0.29) is 17.4 Å². The molecule has 2 aromatic heterocycles. The highest BCUT2D eigenvalue weighted by molar-refractivity contribution is 7.90. The van der Waals surface area contributed by atoms with Crippen LogP contribution in [0.1, 0.15) is 73.4 Å². The molecule has 0 aliphatic heterocycles. The Labute approximate surface area is 309 Å². The number of hydrogen-bond acceptors (Lipinski definition) is 11. The molecule has 0 saturated heterocycles. The second-order valence-electron chi connectivity index (χ2n) is 12.8. The van der Waals surface area contributed by atoms with Gasteiger partial charge in [-0.15, -0.1) is 20.4 Å². The average Bonchev–Trinajstić information content (AvgIpc) is 3.67. The van der Waals surface area contributed by atoms with Gasteiger partial charge in [0.15, 0.2) is 15.7 Å². The zero-order chi connectivity index (χ0) is 36.8. The molecule has 2 aliphatic carbocycles. The zero-order valence-corrected chi connectivity index (χ0v) is 31.4. The van der Waals surface area contributed by atoms with E-state index in [1.807, 2.05) is 57.7 Å². The summed E-state index contributed by atoms with van der Waals surface area (Å²) in [6.45, 7) is 0. The van der Waals surface area contributed by atoms with Crippen LogP contribution >= 0.6 is 11.6 Å². The van der Waals surface area contributed by atoms with Crippen LogP contribution in [0.5, 0.6) is 23.0 Å². The molecule has 0 amide bonds. The smallest absolute Gasteiger partial charge is 0.226 e. The number of aryl methyl sites for hydroxylation is 1. The molecule has 0 spiro atoms. The first-order chi connectivity index (χ1) is 25.2. The maximum absolute atomic E-state index is 13.0. The van der Waals surface area contributed by atoms with Crippen molar-refractivity contribution in [3.8, 4) is 34.4 Å². The number of nitrogens with two attached hydrogens (primary N) is 1. The molecule has 52 heavy (non-hydrogen) atoms. The van der Waals surface area contributed by atoms with Gasteiger partial charge in [0.2, 0.25) is 5.95 Å². The average molecular weight is 750 g/mol. The summed E-state index contributed by atoms with van der Waals surface area (Å²) in [6.07, 6.45) is 6.99. The number of ether oxygens (including phenoxy) is 4. The van der Waals surface area contributed by atoms with Crippen molar-refractivity contribution in [1.82, 2.24) is 29.5 Å². The topological polar surface area (TPSA) is 158 Å². The first-order valence-corrected chi connectivity index (χ1v) is 19.4. The summed E-state index contributed by atoms with van der Waals surface area (Å²) in [6, 6.07) is 18.3. The lowest BCUT2D eigenvalue weighted by atomic mass is 9.84. The van der Waals surface area contributed by atoms with E-state index < -0.39 is 9.84 Å². The van der Waals surface area contributed by atoms with Crippen molar-refractivity contribution >= 4 is 27.4 Å². The number of nitrogen functional groups attached to an aromatic ring is 1. The lowest BCUT2D eigenvalue weighted by molar-refractivity contribution is 0.378. The SMILES string of the molecule is COc1cccc(OC)c1-n1c(CS(=O)(=O)CCc2ccc(Cl)cc2)nnc1C1CCC1.COc1cccc(OC)c1-n1c(N)nnc1C1CCC1. The van der Waals surface area contributed by atoms with Crippen molar-refractivity contribution in [2.24, 2.45) is 0 Å². The third-order valence-electron chi connectivity index (χ3n) is 9.62. The maximum Gasteiger partial charge on any atom is 0.226 e. The number of rotatable bonds is 13. The lowest BCUT2D eigenvalue weighted by Crippen LogP contribution is -2.19. The number of halogens is 1. The normalized spacial score (nSPS) is 14.5. The molecule has 0 atom stereocenters. The summed E-state index contributed by atoms with van der Waals surface area (Å²) in [5.41, 5.74) is 8.33. The Hall–Kier alpha value is -4.82. The van der Waals surface area contributed by atoms with E-state index in [9.17, 15) is 8.42 Å². The molecular weight excluding hydrogens is 706 g/mol. The van der Waals surface area contributed by atoms with Gasteiger partial charge in [-0.25, -0.2) is 8.42 Å². The van der Waals surface area contributed by atoms with Crippen LogP contribution in [-0.2, 0) is 22.0 Å². The number of hydrogen-bond donors (Lipinski definition) is 1. The molecule has 2 fully saturated rings. The minimum Gasteiger partial charge on any atom is -0.494 e. The zero-order valence-electron chi connectivity index (χ0n) is 29.8. The molecule has 5 aromatic rings. The van der Waals surface area contributed by atoms with Crippen molar-refractivity contribution in [1.29, 1.82) is 0 Å². The Balaban J connectivity index is 0.000000198. The van der Waals surface area contributed by atoms with Gasteiger partial charge >= 0.3 is 0 Å². The van der Waals surface area contributed by atoms with Crippen molar-refractivity contribution < 1.29 is 27.4 Å². The molecule has 0 bridgehead atoms. The molecule has 7 rings (SSSR count). The predicted molar refractivity (Wildman–Crippen MR) is 199 cm³/mol. The van der Waals surface area contributed by atoms with Crippen LogP contribution in [-0.4, -0.2) is 72.1 Å². The molecule has 2 aliphatic rings. The Bertz CT molecular complexity index is 2050. The minimum atomic E-state index is -3.45. The number of para-hydroxylation sites is 2. The van der Waals surface area contributed by atoms with Crippen molar-refractivity contribution in [2.45, 2.75) is 62.5 Å². The fourth-order valence-corrected chi connectivity index (χ4v) is 7.76. The number of benzene rings is 3. The summed E-state index contributed by atoms with van der Waals surface area (Å²) in [4.78, 5) is 0. The van der Waals surface area contributed by atoms with Gasteiger partial charge in [0.05, 0.1) is 34.2 Å². The van der Waals surface area contributed by atoms with Gasteiger partial charge < -0.3 is 24.7 Å². The lowest BCUT2D eigenvalue weighted by Gasteiger charge is -2.26. The predicted octanol–water partition coefficient (Wildman–Crippen LogP) is 6.50. The van der Waals surface area contributed by atoms with E-state index in [1.54, 1.807) is 40.6 Å². The van der Waals surface area contributed by atoms with Gasteiger partial charge in [0.1, 0.15) is 51.8 Å². The summed E-state index contributed by atoms with van der Waals surface area (Å²) < 4.78 is 51.8. The van der Waals surface area contributed by atoms with Crippen molar-refractivity contribution in [3.05, 3.63) is 88.7 Å². The van der Waals surface area contributed by atoms with Crippen molar-refractivity contribution in [3.63, 3.8) is 0 Å². The minimum absolute atomic E-state index is 0.00329. The number of methoxy groups -OCH3 is 4. The van der Waals surface area contributed by atoms with Crippen LogP contribution in [0.3, 0.4) is 0 Å². The Morgan fingerprint density at radius 2 is 1.15 bits per heavy atom. The van der Waals surface area contributed by atoms with E-state index in [2.05, 4.69) is 20.4 Å². The van der Waals surface area contributed by atoms with E-state index in [4.69, 9.17) is 36.3 Å². The third-order valence-corrected chi connectivity index (χ3v) is 11.4. The van der Waals surface area contributed by atoms with Crippen molar-refractivity contribution in [2.75, 3.05) is 39.9 Å². The molecule has 2 heterocycles. The monoisotopic (exact) mass is 749 g/mol.